The first-order chi connectivity index (χ1) is 8.24. The number of rotatable bonds is 5. The molecule has 1 heterocycles. The van der Waals surface area contributed by atoms with E-state index in [2.05, 4.69) is 22.2 Å². The van der Waals surface area contributed by atoms with E-state index in [1.165, 1.54) is 19.2 Å². The zero-order valence-electron chi connectivity index (χ0n) is 10.6. The van der Waals surface area contributed by atoms with E-state index in [1.54, 1.807) is 14.2 Å². The molecule has 0 aliphatic heterocycles. The maximum Gasteiger partial charge on any atom is 0.224 e. The molecule has 0 amide bonds. The van der Waals surface area contributed by atoms with Gasteiger partial charge in [0, 0.05) is 12.6 Å². The standard InChI is InChI=1S/C12H19N3O2/c1-8-4-9(5-8)13-6-10-11(16-2)14-7-15-12(10)17-3/h7-9,13H,4-6H2,1-3H3. The Morgan fingerprint density at radius 3 is 2.29 bits per heavy atom. The average molecular weight is 237 g/mol. The fraction of sp³-hybridized carbons (Fsp3) is 0.667. The number of methoxy groups -OCH3 is 2. The van der Waals surface area contributed by atoms with Crippen LogP contribution in [-0.2, 0) is 6.54 Å². The van der Waals surface area contributed by atoms with Crippen molar-refractivity contribution in [2.45, 2.75) is 32.4 Å². The van der Waals surface area contributed by atoms with Crippen LogP contribution in [0.15, 0.2) is 6.33 Å². The van der Waals surface area contributed by atoms with Crippen LogP contribution in [0.3, 0.4) is 0 Å². The molecule has 5 nitrogen and oxygen atoms in total. The first-order valence-electron chi connectivity index (χ1n) is 5.89. The average Bonchev–Trinajstić information content (AvgIpc) is 2.32. The van der Waals surface area contributed by atoms with Gasteiger partial charge < -0.3 is 14.8 Å². The van der Waals surface area contributed by atoms with Gasteiger partial charge in [0.2, 0.25) is 11.8 Å². The smallest absolute Gasteiger partial charge is 0.224 e. The van der Waals surface area contributed by atoms with Gasteiger partial charge in [-0.3, -0.25) is 0 Å². The summed E-state index contributed by atoms with van der Waals surface area (Å²) in [5, 5.41) is 3.48. The van der Waals surface area contributed by atoms with Crippen molar-refractivity contribution in [2.24, 2.45) is 5.92 Å². The SMILES string of the molecule is COc1ncnc(OC)c1CNC1CC(C)C1. The van der Waals surface area contributed by atoms with Crippen LogP contribution in [0.25, 0.3) is 0 Å². The Morgan fingerprint density at radius 2 is 1.82 bits per heavy atom. The third kappa shape index (κ3) is 2.66. The third-order valence-electron chi connectivity index (χ3n) is 3.19. The molecule has 94 valence electrons. The normalized spacial score (nSPS) is 23.0. The van der Waals surface area contributed by atoms with Gasteiger partial charge in [0.15, 0.2) is 0 Å². The molecule has 1 saturated carbocycles. The van der Waals surface area contributed by atoms with Crippen molar-refractivity contribution >= 4 is 0 Å². The highest BCUT2D eigenvalue weighted by molar-refractivity contribution is 5.34. The van der Waals surface area contributed by atoms with Crippen molar-refractivity contribution in [1.82, 2.24) is 15.3 Å². The van der Waals surface area contributed by atoms with Crippen LogP contribution >= 0.6 is 0 Å². The van der Waals surface area contributed by atoms with Gasteiger partial charge >= 0.3 is 0 Å². The first kappa shape index (κ1) is 12.1. The van der Waals surface area contributed by atoms with E-state index in [-0.39, 0.29) is 0 Å². The first-order valence-corrected chi connectivity index (χ1v) is 5.89. The second kappa shape index (κ2) is 5.31. The van der Waals surface area contributed by atoms with Crippen LogP contribution in [0.4, 0.5) is 0 Å². The van der Waals surface area contributed by atoms with Gasteiger partial charge in [-0.1, -0.05) is 6.92 Å². The van der Waals surface area contributed by atoms with Crippen LogP contribution in [0.5, 0.6) is 11.8 Å². The molecular weight excluding hydrogens is 218 g/mol. The van der Waals surface area contributed by atoms with E-state index in [0.717, 1.165) is 11.5 Å². The maximum atomic E-state index is 5.22. The van der Waals surface area contributed by atoms with Crippen molar-refractivity contribution in [3.63, 3.8) is 0 Å². The number of nitrogens with zero attached hydrogens (tertiary/aromatic N) is 2. The number of hydrogen-bond donors (Lipinski definition) is 1. The van der Waals surface area contributed by atoms with Crippen molar-refractivity contribution in [3.8, 4) is 11.8 Å². The summed E-state index contributed by atoms with van der Waals surface area (Å²) < 4.78 is 10.4. The third-order valence-corrected chi connectivity index (χ3v) is 3.19. The fourth-order valence-corrected chi connectivity index (χ4v) is 2.20. The van der Waals surface area contributed by atoms with E-state index in [4.69, 9.17) is 9.47 Å². The Balaban J connectivity index is 2.02. The minimum atomic E-state index is 0.580. The van der Waals surface area contributed by atoms with Crippen molar-refractivity contribution in [1.29, 1.82) is 0 Å². The van der Waals surface area contributed by atoms with Gasteiger partial charge in [0.1, 0.15) is 6.33 Å². The lowest BCUT2D eigenvalue weighted by molar-refractivity contribution is 0.238. The summed E-state index contributed by atoms with van der Waals surface area (Å²) in [6, 6.07) is 0.597. The molecule has 1 aliphatic carbocycles. The van der Waals surface area contributed by atoms with Crippen LogP contribution in [0.2, 0.25) is 0 Å². The topological polar surface area (TPSA) is 56.3 Å². The summed E-state index contributed by atoms with van der Waals surface area (Å²) in [6.45, 7) is 2.95. The molecule has 0 spiro atoms. The molecule has 17 heavy (non-hydrogen) atoms. The van der Waals surface area contributed by atoms with Crippen molar-refractivity contribution < 1.29 is 9.47 Å². The fourth-order valence-electron chi connectivity index (χ4n) is 2.20. The predicted molar refractivity (Wildman–Crippen MR) is 64.2 cm³/mol. The summed E-state index contributed by atoms with van der Waals surface area (Å²) >= 11 is 0. The van der Waals surface area contributed by atoms with Gasteiger partial charge in [-0.2, -0.15) is 0 Å². The van der Waals surface area contributed by atoms with Gasteiger partial charge in [-0.25, -0.2) is 9.97 Å². The van der Waals surface area contributed by atoms with E-state index >= 15 is 0 Å². The molecule has 0 aromatic carbocycles. The highest BCUT2D eigenvalue weighted by atomic mass is 16.5. The second-order valence-electron chi connectivity index (χ2n) is 4.53. The summed E-state index contributed by atoms with van der Waals surface area (Å²) in [5.41, 5.74) is 0.886. The Kier molecular flexibility index (Phi) is 3.78. The molecule has 0 saturated heterocycles. The molecule has 1 aliphatic rings. The molecule has 0 unspecified atom stereocenters. The zero-order valence-corrected chi connectivity index (χ0v) is 10.6. The lowest BCUT2D eigenvalue weighted by atomic mass is 9.82. The molecule has 0 bridgehead atoms. The molecule has 1 aromatic heterocycles. The molecule has 2 rings (SSSR count). The summed E-state index contributed by atoms with van der Waals surface area (Å²) in [6.07, 6.45) is 3.92. The number of aromatic nitrogens is 2. The molecule has 0 radical (unpaired) electrons. The summed E-state index contributed by atoms with van der Waals surface area (Å²) in [4.78, 5) is 8.18. The van der Waals surface area contributed by atoms with Crippen LogP contribution < -0.4 is 14.8 Å². The highest BCUT2D eigenvalue weighted by Gasteiger charge is 2.25. The van der Waals surface area contributed by atoms with Crippen LogP contribution in [-0.4, -0.2) is 30.2 Å². The number of ether oxygens (including phenoxy) is 2. The second-order valence-corrected chi connectivity index (χ2v) is 4.53. The minimum Gasteiger partial charge on any atom is -0.481 e. The monoisotopic (exact) mass is 237 g/mol. The van der Waals surface area contributed by atoms with Gasteiger partial charge in [0.25, 0.3) is 0 Å². The Hall–Kier alpha value is -1.36. The zero-order chi connectivity index (χ0) is 12.3. The molecule has 5 heteroatoms. The largest absolute Gasteiger partial charge is 0.481 e. The number of nitrogens with one attached hydrogen (secondary N) is 1. The quantitative estimate of drug-likeness (QED) is 0.838. The van der Waals surface area contributed by atoms with E-state index in [1.807, 2.05) is 0 Å². The number of hydrogen-bond acceptors (Lipinski definition) is 5. The predicted octanol–water partition coefficient (Wildman–Crippen LogP) is 1.38. The van der Waals surface area contributed by atoms with Gasteiger partial charge in [-0.15, -0.1) is 0 Å². The Bertz CT molecular complexity index is 356. The minimum absolute atomic E-state index is 0.580. The van der Waals surface area contributed by atoms with Gasteiger partial charge in [0.05, 0.1) is 19.8 Å². The van der Waals surface area contributed by atoms with Gasteiger partial charge in [-0.05, 0) is 18.8 Å². The van der Waals surface area contributed by atoms with Crippen molar-refractivity contribution in [3.05, 3.63) is 11.9 Å². The molecule has 1 aromatic rings. The maximum absolute atomic E-state index is 5.22. The summed E-state index contributed by atoms with van der Waals surface area (Å²) in [5.74, 6) is 2.00. The van der Waals surface area contributed by atoms with E-state index < -0.39 is 0 Å². The lowest BCUT2D eigenvalue weighted by Crippen LogP contribution is -2.39. The summed E-state index contributed by atoms with van der Waals surface area (Å²) in [7, 11) is 3.22. The molecule has 1 N–H and O–H groups in total. The molecule has 1 fully saturated rings. The highest BCUT2D eigenvalue weighted by Crippen LogP contribution is 2.28. The Morgan fingerprint density at radius 1 is 1.24 bits per heavy atom. The van der Waals surface area contributed by atoms with Crippen LogP contribution in [0.1, 0.15) is 25.3 Å². The molecule has 0 atom stereocenters. The van der Waals surface area contributed by atoms with E-state index in [0.29, 0.717) is 24.3 Å². The van der Waals surface area contributed by atoms with Crippen LogP contribution in [0, 0.1) is 5.92 Å². The Labute approximate surface area is 102 Å². The van der Waals surface area contributed by atoms with E-state index in [9.17, 15) is 0 Å². The van der Waals surface area contributed by atoms with Crippen molar-refractivity contribution in [2.75, 3.05) is 14.2 Å². The molecular formula is C12H19N3O2. The lowest BCUT2D eigenvalue weighted by Gasteiger charge is -2.33.